The second-order valence-electron chi connectivity index (χ2n) is 6.44. The molecule has 0 unspecified atom stereocenters. The van der Waals surface area contributed by atoms with E-state index >= 15 is 0 Å². The van der Waals surface area contributed by atoms with Gasteiger partial charge >= 0.3 is 0 Å². The number of nitrogens with zero attached hydrogens (tertiary/aromatic N) is 2. The van der Waals surface area contributed by atoms with Crippen LogP contribution >= 0.6 is 23.2 Å². The highest BCUT2D eigenvalue weighted by atomic mass is 35.5. The van der Waals surface area contributed by atoms with Crippen LogP contribution in [0.25, 0.3) is 0 Å². The first-order valence-corrected chi connectivity index (χ1v) is 10.6. The number of anilines is 1. The predicted molar refractivity (Wildman–Crippen MR) is 105 cm³/mol. The second kappa shape index (κ2) is 6.91. The number of hydrogen-bond donors (Lipinski definition) is 1. The van der Waals surface area contributed by atoms with Crippen LogP contribution < -0.4 is 9.73 Å². The maximum absolute atomic E-state index is 12.5. The minimum absolute atomic E-state index is 0.0000711. The Labute approximate surface area is 166 Å². The average Bonchev–Trinajstić information content (AvgIpc) is 3.34. The molecule has 2 aliphatic rings. The fourth-order valence-electron chi connectivity index (χ4n) is 2.74. The average molecular weight is 424 g/mol. The van der Waals surface area contributed by atoms with Gasteiger partial charge in [-0.15, -0.1) is 0 Å². The molecule has 1 fully saturated rings. The largest absolute Gasteiger partial charge is 0.272 e. The van der Waals surface area contributed by atoms with Crippen molar-refractivity contribution in [1.82, 2.24) is 4.72 Å². The van der Waals surface area contributed by atoms with Gasteiger partial charge in [0.05, 0.1) is 22.7 Å². The van der Waals surface area contributed by atoms with Gasteiger partial charge in [-0.25, -0.2) is 18.1 Å². The van der Waals surface area contributed by atoms with Crippen molar-refractivity contribution >= 4 is 50.5 Å². The molecule has 0 bridgehead atoms. The molecule has 0 saturated heterocycles. The molecule has 1 amide bonds. The molecule has 0 radical (unpaired) electrons. The van der Waals surface area contributed by atoms with Gasteiger partial charge in [-0.2, -0.15) is 5.10 Å². The van der Waals surface area contributed by atoms with Crippen molar-refractivity contribution in [3.8, 4) is 0 Å². The van der Waals surface area contributed by atoms with Crippen molar-refractivity contribution in [2.24, 2.45) is 5.10 Å². The Morgan fingerprint density at radius 1 is 1.07 bits per heavy atom. The molecule has 27 heavy (non-hydrogen) atoms. The number of carbonyl (C=O) groups excluding carboxylic acids is 1. The van der Waals surface area contributed by atoms with Crippen LogP contribution in [0.2, 0.25) is 10.0 Å². The first-order valence-electron chi connectivity index (χ1n) is 8.32. The van der Waals surface area contributed by atoms with Gasteiger partial charge in [0.2, 0.25) is 10.0 Å². The van der Waals surface area contributed by atoms with Gasteiger partial charge in [-0.05, 0) is 55.3 Å². The molecule has 0 atom stereocenters. The van der Waals surface area contributed by atoms with E-state index in [0.29, 0.717) is 27.0 Å². The van der Waals surface area contributed by atoms with E-state index in [1.807, 2.05) is 0 Å². The summed E-state index contributed by atoms with van der Waals surface area (Å²) in [7, 11) is -3.63. The monoisotopic (exact) mass is 423 g/mol. The van der Waals surface area contributed by atoms with Crippen molar-refractivity contribution < 1.29 is 13.2 Å². The van der Waals surface area contributed by atoms with Gasteiger partial charge in [-0.1, -0.05) is 23.2 Å². The number of hydrogen-bond acceptors (Lipinski definition) is 4. The third kappa shape index (κ3) is 3.87. The lowest BCUT2D eigenvalue weighted by Gasteiger charge is -2.11. The van der Waals surface area contributed by atoms with E-state index in [0.717, 1.165) is 12.8 Å². The van der Waals surface area contributed by atoms with Gasteiger partial charge in [0.1, 0.15) is 0 Å². The minimum atomic E-state index is -3.63. The lowest BCUT2D eigenvalue weighted by atomic mass is 10.1. The molecule has 6 nitrogen and oxygen atoms in total. The molecule has 4 rings (SSSR count). The number of hydrazone groups is 1. The van der Waals surface area contributed by atoms with Crippen molar-refractivity contribution in [3.05, 3.63) is 58.1 Å². The summed E-state index contributed by atoms with van der Waals surface area (Å²) in [4.78, 5) is 12.5. The quantitative estimate of drug-likeness (QED) is 0.797. The van der Waals surface area contributed by atoms with E-state index in [2.05, 4.69) is 9.82 Å². The Bertz CT molecular complexity index is 1050. The van der Waals surface area contributed by atoms with Crippen molar-refractivity contribution in [2.75, 3.05) is 5.01 Å². The van der Waals surface area contributed by atoms with E-state index in [-0.39, 0.29) is 23.3 Å². The fraction of sp³-hybridized carbons (Fsp3) is 0.222. The second-order valence-corrected chi connectivity index (χ2v) is 9.00. The third-order valence-corrected chi connectivity index (χ3v) is 6.40. The van der Waals surface area contributed by atoms with Crippen LogP contribution in [0.1, 0.15) is 24.8 Å². The Balaban J connectivity index is 1.68. The van der Waals surface area contributed by atoms with Crippen LogP contribution in [0.15, 0.2) is 52.5 Å². The number of carbonyl (C=O) groups is 1. The lowest BCUT2D eigenvalue weighted by molar-refractivity contribution is -0.116. The minimum Gasteiger partial charge on any atom is -0.272 e. The fourth-order valence-corrected chi connectivity index (χ4v) is 4.43. The van der Waals surface area contributed by atoms with E-state index in [9.17, 15) is 13.2 Å². The van der Waals surface area contributed by atoms with Gasteiger partial charge in [-0.3, -0.25) is 4.79 Å². The third-order valence-electron chi connectivity index (χ3n) is 4.31. The highest BCUT2D eigenvalue weighted by molar-refractivity contribution is 7.89. The lowest BCUT2D eigenvalue weighted by Crippen LogP contribution is -2.25. The first kappa shape index (κ1) is 18.4. The summed E-state index contributed by atoms with van der Waals surface area (Å²) >= 11 is 12.1. The molecule has 9 heteroatoms. The van der Waals surface area contributed by atoms with Gasteiger partial charge < -0.3 is 0 Å². The standard InChI is InChI=1S/C18H15Cl2N3O3S/c19-11-1-5-13(6-2-11)23-18(24)10-17(21-23)15-9-14(7-8-16(15)20)27(25,26)22-12-3-4-12/h1-2,5-9,12,22H,3-4,10H2. The van der Waals surface area contributed by atoms with Gasteiger partial charge in [0.15, 0.2) is 0 Å². The summed E-state index contributed by atoms with van der Waals surface area (Å²) in [5.74, 6) is -0.229. The molecule has 0 spiro atoms. The maximum atomic E-state index is 12.5. The van der Waals surface area contributed by atoms with Crippen LogP contribution in [-0.4, -0.2) is 26.1 Å². The molecule has 1 N–H and O–H groups in total. The Kier molecular flexibility index (Phi) is 4.71. The number of nitrogens with one attached hydrogen (secondary N) is 1. The molecule has 1 saturated carbocycles. The summed E-state index contributed by atoms with van der Waals surface area (Å²) in [6.07, 6.45) is 1.72. The normalized spacial score (nSPS) is 17.3. The molecule has 1 heterocycles. The molecule has 1 aliphatic carbocycles. The zero-order valence-electron chi connectivity index (χ0n) is 14.0. The first-order chi connectivity index (χ1) is 12.8. The number of amides is 1. The Morgan fingerprint density at radius 3 is 2.44 bits per heavy atom. The van der Waals surface area contributed by atoms with Crippen LogP contribution in [-0.2, 0) is 14.8 Å². The number of halogens is 2. The van der Waals surface area contributed by atoms with Crippen molar-refractivity contribution in [1.29, 1.82) is 0 Å². The van der Waals surface area contributed by atoms with E-state index < -0.39 is 10.0 Å². The summed E-state index contributed by atoms with van der Waals surface area (Å²) in [6, 6.07) is 11.1. The zero-order chi connectivity index (χ0) is 19.2. The molecule has 0 aromatic heterocycles. The van der Waals surface area contributed by atoms with E-state index in [4.69, 9.17) is 23.2 Å². The molecule has 140 valence electrons. The molecular weight excluding hydrogens is 409 g/mol. The predicted octanol–water partition coefficient (Wildman–Crippen LogP) is 3.58. The van der Waals surface area contributed by atoms with Gasteiger partial charge in [0.25, 0.3) is 5.91 Å². The summed E-state index contributed by atoms with van der Waals surface area (Å²) < 4.78 is 27.6. The summed E-state index contributed by atoms with van der Waals surface area (Å²) in [5.41, 5.74) is 1.43. The van der Waals surface area contributed by atoms with Crippen molar-refractivity contribution in [3.63, 3.8) is 0 Å². The van der Waals surface area contributed by atoms with Crippen molar-refractivity contribution in [2.45, 2.75) is 30.2 Å². The summed E-state index contributed by atoms with van der Waals surface area (Å²) in [5, 5.41) is 6.52. The summed E-state index contributed by atoms with van der Waals surface area (Å²) in [6.45, 7) is 0. The highest BCUT2D eigenvalue weighted by Gasteiger charge is 2.30. The van der Waals surface area contributed by atoms with Crippen LogP contribution in [0.3, 0.4) is 0 Å². The molecule has 1 aliphatic heterocycles. The smallest absolute Gasteiger partial charge is 0.253 e. The highest BCUT2D eigenvalue weighted by Crippen LogP contribution is 2.29. The molecule has 2 aromatic rings. The zero-order valence-corrected chi connectivity index (χ0v) is 16.4. The number of sulfonamides is 1. The van der Waals surface area contributed by atoms with Crippen LogP contribution in [0, 0.1) is 0 Å². The van der Waals surface area contributed by atoms with Crippen LogP contribution in [0.5, 0.6) is 0 Å². The van der Waals surface area contributed by atoms with E-state index in [1.165, 1.54) is 23.2 Å². The maximum Gasteiger partial charge on any atom is 0.253 e. The van der Waals surface area contributed by atoms with E-state index in [1.54, 1.807) is 24.3 Å². The topological polar surface area (TPSA) is 78.8 Å². The van der Waals surface area contributed by atoms with Gasteiger partial charge in [0, 0.05) is 21.7 Å². The molecular formula is C18H15Cl2N3O3S. The number of benzene rings is 2. The molecule has 2 aromatic carbocycles. The van der Waals surface area contributed by atoms with Crippen LogP contribution in [0.4, 0.5) is 5.69 Å². The number of rotatable bonds is 5. The SMILES string of the molecule is O=C1CC(c2cc(S(=O)(=O)NC3CC3)ccc2Cl)=NN1c1ccc(Cl)cc1. The Morgan fingerprint density at radius 2 is 1.78 bits per heavy atom. The Hall–Kier alpha value is -1.93.